The summed E-state index contributed by atoms with van der Waals surface area (Å²) in [5.74, 6) is 0.783. The van der Waals surface area contributed by atoms with Crippen LogP contribution in [0, 0.1) is 0 Å². The van der Waals surface area contributed by atoms with Gasteiger partial charge >= 0.3 is 0 Å². The van der Waals surface area contributed by atoms with Crippen LogP contribution in [0.5, 0.6) is 5.75 Å². The molecule has 1 heterocycles. The van der Waals surface area contributed by atoms with Gasteiger partial charge in [-0.25, -0.2) is 0 Å². The predicted octanol–water partition coefficient (Wildman–Crippen LogP) is 4.12. The summed E-state index contributed by atoms with van der Waals surface area (Å²) in [7, 11) is 0. The molecule has 6 nitrogen and oxygen atoms in total. The summed E-state index contributed by atoms with van der Waals surface area (Å²) in [4.78, 5) is 12.4. The molecule has 138 valence electrons. The molecule has 0 bridgehead atoms. The van der Waals surface area contributed by atoms with Gasteiger partial charge in [-0.05, 0) is 36.2 Å². The largest absolute Gasteiger partial charge is 0.494 e. The molecule has 0 saturated heterocycles. The van der Waals surface area contributed by atoms with Crippen LogP contribution in [0.3, 0.4) is 0 Å². The molecular weight excluding hydrogens is 364 g/mol. The Morgan fingerprint density at radius 1 is 1.22 bits per heavy atom. The highest BCUT2D eigenvalue weighted by molar-refractivity contribution is 6.32. The van der Waals surface area contributed by atoms with E-state index >= 15 is 0 Å². The van der Waals surface area contributed by atoms with Crippen molar-refractivity contribution < 1.29 is 4.74 Å². The first-order valence-corrected chi connectivity index (χ1v) is 8.92. The number of anilines is 1. The Balaban J connectivity index is 1.74. The van der Waals surface area contributed by atoms with Gasteiger partial charge < -0.3 is 4.74 Å². The molecule has 1 N–H and O–H groups in total. The normalized spacial score (nSPS) is 10.9. The second kappa shape index (κ2) is 9.00. The molecule has 0 aliphatic rings. The van der Waals surface area contributed by atoms with Crippen molar-refractivity contribution in [3.63, 3.8) is 0 Å². The van der Waals surface area contributed by atoms with Crippen LogP contribution < -0.4 is 15.7 Å². The summed E-state index contributed by atoms with van der Waals surface area (Å²) in [5, 5.41) is 8.30. The third kappa shape index (κ3) is 4.74. The molecule has 0 fully saturated rings. The molecular formula is C20H19ClN4O2. The van der Waals surface area contributed by atoms with Gasteiger partial charge in [0.05, 0.1) is 24.7 Å². The van der Waals surface area contributed by atoms with Crippen molar-refractivity contribution in [2.75, 3.05) is 12.0 Å². The van der Waals surface area contributed by atoms with Crippen molar-refractivity contribution in [3.8, 4) is 11.4 Å². The maximum Gasteiger partial charge on any atom is 0.292 e. The fourth-order valence-electron chi connectivity index (χ4n) is 2.34. The van der Waals surface area contributed by atoms with Gasteiger partial charge in [-0.2, -0.15) is 14.9 Å². The summed E-state index contributed by atoms with van der Waals surface area (Å²) in [5.41, 5.74) is 4.18. The van der Waals surface area contributed by atoms with E-state index in [9.17, 15) is 4.79 Å². The van der Waals surface area contributed by atoms with Gasteiger partial charge in [0.1, 0.15) is 16.5 Å². The third-order valence-corrected chi connectivity index (χ3v) is 4.01. The SMILES string of the molecule is CCCOc1cccc(/C=N/Nc2cnn(-c3ccccc3)c(=O)c2Cl)c1. The number of halogens is 1. The van der Waals surface area contributed by atoms with Crippen LogP contribution in [0.4, 0.5) is 5.69 Å². The highest BCUT2D eigenvalue weighted by Gasteiger charge is 2.09. The number of hydrogen-bond donors (Lipinski definition) is 1. The first-order valence-electron chi connectivity index (χ1n) is 8.54. The Labute approximate surface area is 162 Å². The van der Waals surface area contributed by atoms with E-state index in [0.717, 1.165) is 17.7 Å². The number of hydrogen-bond acceptors (Lipinski definition) is 5. The van der Waals surface area contributed by atoms with E-state index in [4.69, 9.17) is 16.3 Å². The monoisotopic (exact) mass is 382 g/mol. The molecule has 27 heavy (non-hydrogen) atoms. The van der Waals surface area contributed by atoms with E-state index in [1.807, 2.05) is 42.5 Å². The fourth-order valence-corrected chi connectivity index (χ4v) is 2.52. The molecule has 1 aromatic heterocycles. The Morgan fingerprint density at radius 2 is 2.04 bits per heavy atom. The number of para-hydroxylation sites is 1. The maximum absolute atomic E-state index is 12.4. The molecule has 0 aliphatic heterocycles. The molecule has 0 radical (unpaired) electrons. The average molecular weight is 383 g/mol. The zero-order valence-electron chi connectivity index (χ0n) is 14.8. The molecule has 0 amide bonds. The third-order valence-electron chi connectivity index (χ3n) is 3.65. The van der Waals surface area contributed by atoms with Crippen LogP contribution in [-0.2, 0) is 0 Å². The Morgan fingerprint density at radius 3 is 2.81 bits per heavy atom. The molecule has 3 rings (SSSR count). The number of hydrazone groups is 1. The van der Waals surface area contributed by atoms with E-state index in [2.05, 4.69) is 22.5 Å². The van der Waals surface area contributed by atoms with E-state index in [-0.39, 0.29) is 5.02 Å². The first-order chi connectivity index (χ1) is 13.2. The zero-order valence-corrected chi connectivity index (χ0v) is 15.6. The second-order valence-corrected chi connectivity index (χ2v) is 6.09. The number of rotatable bonds is 7. The second-order valence-electron chi connectivity index (χ2n) is 5.72. The summed E-state index contributed by atoms with van der Waals surface area (Å²) in [6.45, 7) is 2.72. The summed E-state index contributed by atoms with van der Waals surface area (Å²) >= 11 is 6.18. The molecule has 0 unspecified atom stereocenters. The highest BCUT2D eigenvalue weighted by atomic mass is 35.5. The zero-order chi connectivity index (χ0) is 19.1. The molecule has 7 heteroatoms. The van der Waals surface area contributed by atoms with Gasteiger partial charge in [-0.3, -0.25) is 10.2 Å². The van der Waals surface area contributed by atoms with Gasteiger partial charge in [0.25, 0.3) is 5.56 Å². The lowest BCUT2D eigenvalue weighted by Gasteiger charge is -2.07. The van der Waals surface area contributed by atoms with Crippen molar-refractivity contribution in [2.45, 2.75) is 13.3 Å². The van der Waals surface area contributed by atoms with Gasteiger partial charge in [0, 0.05) is 0 Å². The quantitative estimate of drug-likeness (QED) is 0.493. The number of ether oxygens (including phenoxy) is 1. The molecule has 0 atom stereocenters. The standard InChI is InChI=1S/C20H19ClN4O2/c1-2-11-27-17-10-6-7-15(12-17)13-22-24-18-14-23-25(20(26)19(18)21)16-8-4-3-5-9-16/h3-10,12-14,24H,2,11H2,1H3/b22-13+. The van der Waals surface area contributed by atoms with Crippen molar-refractivity contribution in [2.24, 2.45) is 5.10 Å². The summed E-state index contributed by atoms with van der Waals surface area (Å²) < 4.78 is 6.84. The van der Waals surface area contributed by atoms with E-state index in [1.54, 1.807) is 18.3 Å². The van der Waals surface area contributed by atoms with Crippen LogP contribution in [0.1, 0.15) is 18.9 Å². The average Bonchev–Trinajstić information content (AvgIpc) is 2.71. The predicted molar refractivity (Wildman–Crippen MR) is 108 cm³/mol. The van der Waals surface area contributed by atoms with Crippen LogP contribution >= 0.6 is 11.6 Å². The van der Waals surface area contributed by atoms with Crippen molar-refractivity contribution in [1.29, 1.82) is 0 Å². The van der Waals surface area contributed by atoms with Crippen molar-refractivity contribution in [1.82, 2.24) is 9.78 Å². The number of nitrogens with zero attached hydrogens (tertiary/aromatic N) is 3. The molecule has 0 aliphatic carbocycles. The number of nitrogens with one attached hydrogen (secondary N) is 1. The van der Waals surface area contributed by atoms with E-state index in [0.29, 0.717) is 18.0 Å². The Bertz CT molecular complexity index is 987. The minimum Gasteiger partial charge on any atom is -0.494 e. The van der Waals surface area contributed by atoms with E-state index < -0.39 is 5.56 Å². The summed E-state index contributed by atoms with van der Waals surface area (Å²) in [6.07, 6.45) is 4.03. The lowest BCUT2D eigenvalue weighted by molar-refractivity contribution is 0.317. The topological polar surface area (TPSA) is 68.5 Å². The molecule has 3 aromatic rings. The molecule has 0 saturated carbocycles. The maximum atomic E-state index is 12.4. The smallest absolute Gasteiger partial charge is 0.292 e. The Hall–Kier alpha value is -3.12. The lowest BCUT2D eigenvalue weighted by Crippen LogP contribution is -2.22. The lowest BCUT2D eigenvalue weighted by atomic mass is 10.2. The molecule has 0 spiro atoms. The Kier molecular flexibility index (Phi) is 6.22. The van der Waals surface area contributed by atoms with Gasteiger partial charge in [-0.1, -0.05) is 48.9 Å². The van der Waals surface area contributed by atoms with Crippen LogP contribution in [0.15, 0.2) is 70.7 Å². The van der Waals surface area contributed by atoms with Gasteiger partial charge in [-0.15, -0.1) is 0 Å². The van der Waals surface area contributed by atoms with Crippen LogP contribution in [-0.4, -0.2) is 22.6 Å². The fraction of sp³-hybridized carbons (Fsp3) is 0.150. The van der Waals surface area contributed by atoms with Crippen molar-refractivity contribution in [3.05, 3.63) is 81.7 Å². The van der Waals surface area contributed by atoms with Gasteiger partial charge in [0.15, 0.2) is 0 Å². The minimum atomic E-state index is -0.418. The number of benzene rings is 2. The van der Waals surface area contributed by atoms with Crippen LogP contribution in [0.25, 0.3) is 5.69 Å². The van der Waals surface area contributed by atoms with Crippen molar-refractivity contribution >= 4 is 23.5 Å². The molecule has 2 aromatic carbocycles. The highest BCUT2D eigenvalue weighted by Crippen LogP contribution is 2.17. The van der Waals surface area contributed by atoms with E-state index in [1.165, 1.54) is 10.9 Å². The first kappa shape index (κ1) is 18.7. The minimum absolute atomic E-state index is 0.0195. The summed E-state index contributed by atoms with van der Waals surface area (Å²) in [6, 6.07) is 16.6. The van der Waals surface area contributed by atoms with Crippen LogP contribution in [0.2, 0.25) is 5.02 Å². The van der Waals surface area contributed by atoms with Gasteiger partial charge in [0.2, 0.25) is 0 Å². The number of aromatic nitrogens is 2.